The van der Waals surface area contributed by atoms with Crippen molar-refractivity contribution in [2.24, 2.45) is 5.10 Å². The molecule has 2 aliphatic heterocycles. The van der Waals surface area contributed by atoms with Crippen LogP contribution in [0, 0.1) is 6.92 Å². The molecule has 3 aromatic rings. The number of amides is 1. The first-order valence-electron chi connectivity index (χ1n) is 10.2. The van der Waals surface area contributed by atoms with Gasteiger partial charge in [-0.2, -0.15) is 15.1 Å². The van der Waals surface area contributed by atoms with Gasteiger partial charge in [-0.3, -0.25) is 9.69 Å². The number of rotatable bonds is 2. The molecule has 2 aliphatic rings. The number of benzene rings is 2. The number of aromatic nitrogens is 3. The van der Waals surface area contributed by atoms with Crippen molar-refractivity contribution >= 4 is 23.0 Å². The Morgan fingerprint density at radius 1 is 1.13 bits per heavy atom. The first kappa shape index (κ1) is 19.2. The lowest BCUT2D eigenvalue weighted by atomic mass is 9.98. The summed E-state index contributed by atoms with van der Waals surface area (Å²) in [5.74, 6) is 0.202. The molecule has 5 rings (SSSR count). The molecule has 0 bridgehead atoms. The first-order chi connectivity index (χ1) is 14.9. The molecule has 1 atom stereocenters. The van der Waals surface area contributed by atoms with Crippen LogP contribution in [-0.2, 0) is 23.3 Å². The Hall–Kier alpha value is -3.81. The Kier molecular flexibility index (Phi) is 4.25. The molecule has 0 saturated carbocycles. The van der Waals surface area contributed by atoms with Gasteiger partial charge in [0, 0.05) is 11.4 Å². The predicted molar refractivity (Wildman–Crippen MR) is 118 cm³/mol. The van der Waals surface area contributed by atoms with E-state index in [1.54, 1.807) is 4.90 Å². The summed E-state index contributed by atoms with van der Waals surface area (Å²) in [6.45, 7) is 5.91. The van der Waals surface area contributed by atoms with Crippen LogP contribution in [0.3, 0.4) is 0 Å². The molecule has 0 radical (unpaired) electrons. The van der Waals surface area contributed by atoms with Crippen molar-refractivity contribution in [2.75, 3.05) is 10.2 Å². The minimum atomic E-state index is -1.25. The van der Waals surface area contributed by atoms with E-state index in [0.29, 0.717) is 11.5 Å². The summed E-state index contributed by atoms with van der Waals surface area (Å²) in [6.07, 6.45) is 2.45. The van der Waals surface area contributed by atoms with E-state index in [1.807, 2.05) is 50.2 Å². The summed E-state index contributed by atoms with van der Waals surface area (Å²) in [5, 5.41) is 8.10. The van der Waals surface area contributed by atoms with Crippen LogP contribution in [0.5, 0.6) is 0 Å². The lowest BCUT2D eigenvalue weighted by molar-refractivity contribution is -0.118. The second-order valence-electron chi connectivity index (χ2n) is 7.87. The van der Waals surface area contributed by atoms with Gasteiger partial charge < -0.3 is 5.32 Å². The van der Waals surface area contributed by atoms with E-state index in [9.17, 15) is 9.59 Å². The largest absolute Gasteiger partial charge is 0.370 e. The van der Waals surface area contributed by atoms with Crippen molar-refractivity contribution in [1.29, 1.82) is 0 Å². The summed E-state index contributed by atoms with van der Waals surface area (Å²) in [6, 6.07) is 13.7. The monoisotopic (exact) mass is 414 g/mol. The van der Waals surface area contributed by atoms with Crippen LogP contribution in [0.2, 0.25) is 0 Å². The van der Waals surface area contributed by atoms with Crippen LogP contribution < -0.4 is 15.9 Å². The van der Waals surface area contributed by atoms with Gasteiger partial charge >= 0.3 is 5.69 Å². The summed E-state index contributed by atoms with van der Waals surface area (Å²) in [7, 11) is 0. The van der Waals surface area contributed by atoms with Crippen molar-refractivity contribution in [1.82, 2.24) is 14.6 Å². The van der Waals surface area contributed by atoms with E-state index < -0.39 is 11.4 Å². The zero-order chi connectivity index (χ0) is 21.8. The summed E-state index contributed by atoms with van der Waals surface area (Å²) < 4.78 is 1.47. The topological polar surface area (TPSA) is 92.5 Å². The van der Waals surface area contributed by atoms with E-state index in [1.165, 1.54) is 16.6 Å². The van der Waals surface area contributed by atoms with Crippen molar-refractivity contribution in [3.8, 4) is 0 Å². The third-order valence-corrected chi connectivity index (χ3v) is 5.97. The van der Waals surface area contributed by atoms with E-state index in [4.69, 9.17) is 0 Å². The highest BCUT2D eigenvalue weighted by Crippen LogP contribution is 2.42. The second-order valence-corrected chi connectivity index (χ2v) is 7.87. The Balaban J connectivity index is 1.83. The Labute approximate surface area is 179 Å². The molecule has 0 fully saturated rings. The van der Waals surface area contributed by atoms with Crippen molar-refractivity contribution in [2.45, 2.75) is 39.3 Å². The third-order valence-electron chi connectivity index (χ3n) is 5.97. The van der Waals surface area contributed by atoms with Crippen molar-refractivity contribution in [3.05, 3.63) is 81.8 Å². The average molecular weight is 414 g/mol. The quantitative estimate of drug-likeness (QED) is 0.696. The highest BCUT2D eigenvalue weighted by molar-refractivity contribution is 6.10. The number of aryl methyl sites for hydroxylation is 2. The fourth-order valence-corrected chi connectivity index (χ4v) is 4.43. The summed E-state index contributed by atoms with van der Waals surface area (Å²) in [4.78, 5) is 35.6. The third kappa shape index (κ3) is 2.78. The smallest absolute Gasteiger partial charge is 0.351 e. The standard InChI is InChI=1S/C23H22N6O2/c1-4-16-9-10-19(14(2)11-16)29-20(30)12-17-7-5-6-8-18(17)26-23(29)15(3)27-28-13-24-22(31)25-21(23)28/h5-11,13,26H,4,12H2,1-3H3. The van der Waals surface area contributed by atoms with Gasteiger partial charge in [0.1, 0.15) is 6.33 Å². The number of hydrogen-bond acceptors (Lipinski definition) is 6. The maximum absolute atomic E-state index is 13.8. The van der Waals surface area contributed by atoms with E-state index in [-0.39, 0.29) is 12.3 Å². The molecule has 0 aliphatic carbocycles. The van der Waals surface area contributed by atoms with Gasteiger partial charge in [0.05, 0.1) is 12.1 Å². The number of nitrogens with zero attached hydrogens (tertiary/aromatic N) is 5. The van der Waals surface area contributed by atoms with Crippen molar-refractivity contribution in [3.63, 3.8) is 0 Å². The van der Waals surface area contributed by atoms with Gasteiger partial charge in [-0.05, 0) is 49.1 Å². The first-order valence-corrected chi connectivity index (χ1v) is 10.2. The fourth-order valence-electron chi connectivity index (χ4n) is 4.43. The Bertz CT molecular complexity index is 1310. The SMILES string of the molecule is CCc1ccc(N2C(=O)Cc3ccccc3NC23C(C)=Nn2cnc(=O)nc23)c(C)c1. The Morgan fingerprint density at radius 2 is 1.94 bits per heavy atom. The number of hydrogen-bond donors (Lipinski definition) is 1. The number of para-hydroxylation sites is 1. The number of carbonyl (C=O) groups is 1. The maximum Gasteiger partial charge on any atom is 0.370 e. The molecule has 2 aromatic carbocycles. The van der Waals surface area contributed by atoms with E-state index in [2.05, 4.69) is 33.4 Å². The molecule has 8 nitrogen and oxygen atoms in total. The van der Waals surface area contributed by atoms with E-state index >= 15 is 0 Å². The molecule has 1 unspecified atom stereocenters. The highest BCUT2D eigenvalue weighted by atomic mass is 16.2. The molecule has 3 heterocycles. The number of fused-ring (bicyclic) bond motifs is 3. The van der Waals surface area contributed by atoms with Gasteiger partial charge in [-0.15, -0.1) is 0 Å². The number of anilines is 2. The zero-order valence-corrected chi connectivity index (χ0v) is 17.6. The van der Waals surface area contributed by atoms with Gasteiger partial charge in [0.25, 0.3) is 0 Å². The predicted octanol–water partition coefficient (Wildman–Crippen LogP) is 2.60. The van der Waals surface area contributed by atoms with Gasteiger partial charge in [-0.1, -0.05) is 37.3 Å². The molecule has 1 spiro atoms. The molecule has 8 heteroatoms. The van der Waals surface area contributed by atoms with Crippen LogP contribution in [0.25, 0.3) is 0 Å². The number of nitrogens with one attached hydrogen (secondary N) is 1. The maximum atomic E-state index is 13.8. The van der Waals surface area contributed by atoms with Crippen LogP contribution in [0.4, 0.5) is 11.4 Å². The van der Waals surface area contributed by atoms with Crippen LogP contribution >= 0.6 is 0 Å². The lowest BCUT2D eigenvalue weighted by Gasteiger charge is -2.40. The molecule has 1 aromatic heterocycles. The molecule has 1 N–H and O–H groups in total. The van der Waals surface area contributed by atoms with Crippen molar-refractivity contribution < 1.29 is 4.79 Å². The molecule has 156 valence electrons. The molecular weight excluding hydrogens is 392 g/mol. The Morgan fingerprint density at radius 3 is 2.71 bits per heavy atom. The molecule has 0 saturated heterocycles. The van der Waals surface area contributed by atoms with Crippen LogP contribution in [0.1, 0.15) is 36.4 Å². The lowest BCUT2D eigenvalue weighted by Crippen LogP contribution is -2.59. The molecular formula is C23H22N6O2. The van der Waals surface area contributed by atoms with Crippen LogP contribution in [0.15, 0.2) is 58.7 Å². The fraction of sp³-hybridized carbons (Fsp3) is 0.261. The summed E-state index contributed by atoms with van der Waals surface area (Å²) in [5.41, 5.74) is 3.29. The molecule has 31 heavy (non-hydrogen) atoms. The van der Waals surface area contributed by atoms with Gasteiger partial charge in [-0.25, -0.2) is 9.47 Å². The second kappa shape index (κ2) is 6.87. The number of carbonyl (C=O) groups excluding carboxylic acids is 1. The molecule has 1 amide bonds. The minimum Gasteiger partial charge on any atom is -0.351 e. The minimum absolute atomic E-state index is 0.112. The van der Waals surface area contributed by atoms with Crippen LogP contribution in [-0.4, -0.2) is 26.3 Å². The van der Waals surface area contributed by atoms with E-state index in [0.717, 1.165) is 28.9 Å². The zero-order valence-electron chi connectivity index (χ0n) is 17.6. The summed E-state index contributed by atoms with van der Waals surface area (Å²) >= 11 is 0. The average Bonchev–Trinajstić information content (AvgIpc) is 2.93. The van der Waals surface area contributed by atoms with Gasteiger partial charge in [0.15, 0.2) is 5.82 Å². The van der Waals surface area contributed by atoms with Gasteiger partial charge in [0.2, 0.25) is 11.6 Å². The normalized spacial score (nSPS) is 19.5. The highest BCUT2D eigenvalue weighted by Gasteiger charge is 2.53.